The molecule has 0 unspecified atom stereocenters. The molecule has 1 saturated heterocycles. The van der Waals surface area contributed by atoms with Crippen molar-refractivity contribution in [2.45, 2.75) is 39.2 Å². The van der Waals surface area contributed by atoms with E-state index in [1.165, 1.54) is 23.3 Å². The Morgan fingerprint density at radius 1 is 1.52 bits per heavy atom. The number of nitrogens with zero attached hydrogens (tertiary/aromatic N) is 2. The Kier molecular flexibility index (Phi) is 7.53. The number of likely N-dealkylation sites (tertiary alicyclic amines) is 1. The van der Waals surface area contributed by atoms with Gasteiger partial charge in [-0.25, -0.2) is 9.78 Å². The molecule has 0 bridgehead atoms. The van der Waals surface area contributed by atoms with Crippen LogP contribution in [-0.4, -0.2) is 51.9 Å². The molecule has 0 aliphatic carbocycles. The Morgan fingerprint density at radius 2 is 2.29 bits per heavy atom. The van der Waals surface area contributed by atoms with E-state index in [1.807, 2.05) is 19.2 Å². The van der Waals surface area contributed by atoms with Gasteiger partial charge in [0.2, 0.25) is 0 Å². The van der Waals surface area contributed by atoms with E-state index in [1.54, 1.807) is 0 Å². The van der Waals surface area contributed by atoms with Crippen LogP contribution in [0.5, 0.6) is 0 Å². The Balaban J connectivity index is 0.000000219. The Bertz CT molecular complexity index is 423. The van der Waals surface area contributed by atoms with Crippen LogP contribution in [0.25, 0.3) is 0 Å². The number of aliphatic hydroxyl groups is 1. The number of unbranched alkanes of at least 4 members (excludes halogenated alkanes) is 1. The standard InChI is InChI=1S/C10H16N2.C5H9NO3/c1-3-4-7-11-10-6-5-9(2)8-12-10;7-4-1-2-6(3-4)5(8)9/h5-6,8H,3-4,7H2,1-2H3,(H,11,12);4,7H,1-3H2,(H,8,9)/t;4-/m.1/s1. The highest BCUT2D eigenvalue weighted by Gasteiger charge is 2.23. The number of aryl methyl sites for hydroxylation is 1. The summed E-state index contributed by atoms with van der Waals surface area (Å²) in [6.07, 6.45) is 3.50. The number of carbonyl (C=O) groups is 1. The predicted octanol–water partition coefficient (Wildman–Crippen LogP) is 2.33. The van der Waals surface area contributed by atoms with Gasteiger partial charge in [-0.1, -0.05) is 19.4 Å². The number of aliphatic hydroxyl groups excluding tert-OH is 1. The molecular formula is C15H25N3O3. The molecule has 0 aromatic carbocycles. The molecule has 6 nitrogen and oxygen atoms in total. The summed E-state index contributed by atoms with van der Waals surface area (Å²) >= 11 is 0. The zero-order valence-electron chi connectivity index (χ0n) is 12.7. The normalized spacial score (nSPS) is 17.1. The van der Waals surface area contributed by atoms with Gasteiger partial charge in [0, 0.05) is 25.8 Å². The smallest absolute Gasteiger partial charge is 0.407 e. The summed E-state index contributed by atoms with van der Waals surface area (Å²) in [4.78, 5) is 15.6. The number of nitrogens with one attached hydrogen (secondary N) is 1. The molecule has 1 aromatic heterocycles. The molecule has 6 heteroatoms. The summed E-state index contributed by atoms with van der Waals surface area (Å²) in [6.45, 7) is 5.99. The van der Waals surface area contributed by atoms with Crippen molar-refractivity contribution in [3.8, 4) is 0 Å². The first-order valence-electron chi connectivity index (χ1n) is 7.35. The number of pyridine rings is 1. The van der Waals surface area contributed by atoms with Gasteiger partial charge in [0.25, 0.3) is 0 Å². The lowest BCUT2D eigenvalue weighted by Gasteiger charge is -2.08. The van der Waals surface area contributed by atoms with E-state index in [2.05, 4.69) is 23.3 Å². The molecular weight excluding hydrogens is 270 g/mol. The van der Waals surface area contributed by atoms with Gasteiger partial charge in [-0.05, 0) is 31.4 Å². The van der Waals surface area contributed by atoms with Gasteiger partial charge in [-0.3, -0.25) is 0 Å². The van der Waals surface area contributed by atoms with Gasteiger partial charge in [0.1, 0.15) is 5.82 Å². The van der Waals surface area contributed by atoms with Gasteiger partial charge in [-0.2, -0.15) is 0 Å². The van der Waals surface area contributed by atoms with Crippen LogP contribution >= 0.6 is 0 Å². The Hall–Kier alpha value is -1.82. The monoisotopic (exact) mass is 295 g/mol. The minimum Gasteiger partial charge on any atom is -0.465 e. The third-order valence-corrected chi connectivity index (χ3v) is 3.18. The quantitative estimate of drug-likeness (QED) is 0.742. The average molecular weight is 295 g/mol. The van der Waals surface area contributed by atoms with E-state index >= 15 is 0 Å². The van der Waals surface area contributed by atoms with Crippen LogP contribution < -0.4 is 5.32 Å². The van der Waals surface area contributed by atoms with Crippen LogP contribution in [0.2, 0.25) is 0 Å². The number of β-amino-alcohol motifs (C(OH)–C–C–N with tert-alkyl or cyclic N) is 1. The van der Waals surface area contributed by atoms with Crippen molar-refractivity contribution in [1.82, 2.24) is 9.88 Å². The maximum Gasteiger partial charge on any atom is 0.407 e. The first-order valence-corrected chi connectivity index (χ1v) is 7.35. The molecule has 3 N–H and O–H groups in total. The summed E-state index contributed by atoms with van der Waals surface area (Å²) in [5.41, 5.74) is 1.20. The largest absolute Gasteiger partial charge is 0.465 e. The zero-order valence-corrected chi connectivity index (χ0v) is 12.7. The lowest BCUT2D eigenvalue weighted by molar-refractivity contribution is 0.140. The zero-order chi connectivity index (χ0) is 15.7. The molecule has 0 saturated carbocycles. The van der Waals surface area contributed by atoms with E-state index in [4.69, 9.17) is 10.2 Å². The molecule has 1 aliphatic rings. The highest BCUT2D eigenvalue weighted by atomic mass is 16.4. The van der Waals surface area contributed by atoms with Crippen molar-refractivity contribution in [1.29, 1.82) is 0 Å². The van der Waals surface area contributed by atoms with Gasteiger partial charge in [-0.15, -0.1) is 0 Å². The number of rotatable bonds is 4. The van der Waals surface area contributed by atoms with Crippen LogP contribution in [0.3, 0.4) is 0 Å². The summed E-state index contributed by atoms with van der Waals surface area (Å²) < 4.78 is 0. The van der Waals surface area contributed by atoms with Crippen LogP contribution in [0.4, 0.5) is 10.6 Å². The highest BCUT2D eigenvalue weighted by Crippen LogP contribution is 2.07. The topological polar surface area (TPSA) is 85.7 Å². The minimum absolute atomic E-state index is 0.273. The molecule has 0 radical (unpaired) electrons. The van der Waals surface area contributed by atoms with Crippen molar-refractivity contribution >= 4 is 11.9 Å². The second-order valence-corrected chi connectivity index (χ2v) is 5.17. The fourth-order valence-corrected chi connectivity index (χ4v) is 1.88. The number of aromatic nitrogens is 1. The molecule has 0 spiro atoms. The van der Waals surface area contributed by atoms with E-state index in [-0.39, 0.29) is 6.54 Å². The fourth-order valence-electron chi connectivity index (χ4n) is 1.88. The molecule has 1 aliphatic heterocycles. The lowest BCUT2D eigenvalue weighted by atomic mass is 10.3. The molecule has 2 heterocycles. The Labute approximate surface area is 125 Å². The third-order valence-electron chi connectivity index (χ3n) is 3.18. The lowest BCUT2D eigenvalue weighted by Crippen LogP contribution is -2.27. The van der Waals surface area contributed by atoms with Crippen molar-refractivity contribution in [3.05, 3.63) is 23.9 Å². The third kappa shape index (κ3) is 6.94. The molecule has 1 aromatic rings. The molecule has 1 fully saturated rings. The first kappa shape index (κ1) is 17.2. The number of hydrogen-bond donors (Lipinski definition) is 3. The number of anilines is 1. The molecule has 1 atom stereocenters. The second-order valence-electron chi connectivity index (χ2n) is 5.17. The van der Waals surface area contributed by atoms with Crippen molar-refractivity contribution < 1.29 is 15.0 Å². The maximum absolute atomic E-state index is 10.2. The van der Waals surface area contributed by atoms with E-state index in [0.29, 0.717) is 13.0 Å². The fraction of sp³-hybridized carbons (Fsp3) is 0.600. The highest BCUT2D eigenvalue weighted by molar-refractivity contribution is 5.65. The summed E-state index contributed by atoms with van der Waals surface area (Å²) in [7, 11) is 0. The molecule has 2 rings (SSSR count). The number of carboxylic acid groups (broad SMARTS) is 1. The van der Waals surface area contributed by atoms with Crippen molar-refractivity contribution in [3.63, 3.8) is 0 Å². The van der Waals surface area contributed by atoms with Crippen LogP contribution in [-0.2, 0) is 0 Å². The number of amides is 1. The van der Waals surface area contributed by atoms with Gasteiger partial charge in [0.05, 0.1) is 6.10 Å². The molecule has 1 amide bonds. The maximum atomic E-state index is 10.2. The predicted molar refractivity (Wildman–Crippen MR) is 82.6 cm³/mol. The van der Waals surface area contributed by atoms with Crippen molar-refractivity contribution in [2.75, 3.05) is 25.0 Å². The van der Waals surface area contributed by atoms with Crippen LogP contribution in [0.15, 0.2) is 18.3 Å². The van der Waals surface area contributed by atoms with E-state index in [0.717, 1.165) is 12.4 Å². The van der Waals surface area contributed by atoms with Crippen molar-refractivity contribution in [2.24, 2.45) is 0 Å². The van der Waals surface area contributed by atoms with Crippen LogP contribution in [0, 0.1) is 6.92 Å². The van der Waals surface area contributed by atoms with E-state index in [9.17, 15) is 4.79 Å². The summed E-state index contributed by atoms with van der Waals surface area (Å²) in [6, 6.07) is 4.09. The first-order chi connectivity index (χ1) is 10.0. The summed E-state index contributed by atoms with van der Waals surface area (Å²) in [5, 5.41) is 20.5. The van der Waals surface area contributed by atoms with Gasteiger partial charge in [0.15, 0.2) is 0 Å². The second kappa shape index (κ2) is 9.18. The van der Waals surface area contributed by atoms with Crippen LogP contribution in [0.1, 0.15) is 31.7 Å². The Morgan fingerprint density at radius 3 is 2.71 bits per heavy atom. The number of hydrogen-bond acceptors (Lipinski definition) is 4. The van der Waals surface area contributed by atoms with Gasteiger partial charge >= 0.3 is 6.09 Å². The average Bonchev–Trinajstić information content (AvgIpc) is 2.89. The van der Waals surface area contributed by atoms with E-state index < -0.39 is 12.2 Å². The minimum atomic E-state index is -0.938. The SMILES string of the molecule is CCCCNc1ccc(C)cn1.O=C(O)N1CC[C@@H](O)C1. The summed E-state index contributed by atoms with van der Waals surface area (Å²) in [5.74, 6) is 0.981. The molecule has 118 valence electrons. The molecule has 21 heavy (non-hydrogen) atoms. The van der Waals surface area contributed by atoms with Gasteiger partial charge < -0.3 is 20.4 Å².